The van der Waals surface area contributed by atoms with Gasteiger partial charge in [0.25, 0.3) is 0 Å². The summed E-state index contributed by atoms with van der Waals surface area (Å²) >= 11 is 1.74. The van der Waals surface area contributed by atoms with Gasteiger partial charge >= 0.3 is 0 Å². The van der Waals surface area contributed by atoms with Crippen LogP contribution in [0.5, 0.6) is 0 Å². The molecule has 3 aliphatic rings. The molecule has 1 heterocycles. The number of nitrogens with two attached hydrogens (primary N) is 1. The van der Waals surface area contributed by atoms with E-state index in [1.54, 1.807) is 16.8 Å². The van der Waals surface area contributed by atoms with Crippen LogP contribution < -0.4 is 5.84 Å². The summed E-state index contributed by atoms with van der Waals surface area (Å²) in [5.41, 5.74) is 12.9. The summed E-state index contributed by atoms with van der Waals surface area (Å²) in [7, 11) is 0. The number of rotatable bonds is 6. The van der Waals surface area contributed by atoms with E-state index in [9.17, 15) is 0 Å². The van der Waals surface area contributed by atoms with Crippen LogP contribution in [0, 0.1) is 0 Å². The normalized spacial score (nSPS) is 18.4. The Bertz CT molecular complexity index is 1500. The summed E-state index contributed by atoms with van der Waals surface area (Å²) in [4.78, 5) is 5.81. The second kappa shape index (κ2) is 10.7. The van der Waals surface area contributed by atoms with Crippen LogP contribution >= 0.6 is 11.8 Å². The van der Waals surface area contributed by atoms with Crippen molar-refractivity contribution in [3.63, 3.8) is 0 Å². The summed E-state index contributed by atoms with van der Waals surface area (Å²) in [5, 5.41) is 3.91. The zero-order valence-corrected chi connectivity index (χ0v) is 21.0. The molecule has 0 unspecified atom stereocenters. The van der Waals surface area contributed by atoms with E-state index in [4.69, 9.17) is 5.84 Å². The van der Waals surface area contributed by atoms with Gasteiger partial charge in [0.1, 0.15) is 0 Å². The molecule has 2 N–H and O–H groups in total. The van der Waals surface area contributed by atoms with Gasteiger partial charge in [0.2, 0.25) is 0 Å². The van der Waals surface area contributed by atoms with Gasteiger partial charge in [-0.15, -0.1) is 0 Å². The van der Waals surface area contributed by atoms with E-state index in [0.717, 1.165) is 22.7 Å². The van der Waals surface area contributed by atoms with Crippen molar-refractivity contribution in [3.8, 4) is 0 Å². The Kier molecular flexibility index (Phi) is 7.01. The molecule has 5 rings (SSSR count). The fraction of sp³-hybridized carbons (Fsp3) is 0.0625. The van der Waals surface area contributed by atoms with Crippen molar-refractivity contribution in [2.24, 2.45) is 10.8 Å². The van der Waals surface area contributed by atoms with Crippen LogP contribution in [0.1, 0.15) is 30.0 Å². The third kappa shape index (κ3) is 4.98. The van der Waals surface area contributed by atoms with E-state index in [-0.39, 0.29) is 0 Å². The number of aliphatic imine (C=N–C) groups is 1. The van der Waals surface area contributed by atoms with Gasteiger partial charge in [-0.05, 0) is 82.2 Å². The molecule has 176 valence electrons. The lowest BCUT2D eigenvalue weighted by Crippen LogP contribution is -2.27. The molecular weight excluding hydrogens is 458 g/mol. The molecule has 0 aromatic heterocycles. The SMILES string of the molecule is C=C1c2ccccc2S/C=C(/C(C)=C/C=C\C=NC2=CC=C(N(N)C3=C=CC=C3)C2)c2ccccc21. The molecule has 0 fully saturated rings. The molecule has 0 saturated heterocycles. The fourth-order valence-corrected chi connectivity index (χ4v) is 5.32. The van der Waals surface area contributed by atoms with Crippen molar-refractivity contribution in [2.75, 3.05) is 0 Å². The number of thioether (sulfide) groups is 1. The zero-order chi connectivity index (χ0) is 24.9. The summed E-state index contributed by atoms with van der Waals surface area (Å²) in [6.07, 6.45) is 18.4. The first-order chi connectivity index (χ1) is 17.6. The van der Waals surface area contributed by atoms with Crippen molar-refractivity contribution in [2.45, 2.75) is 18.2 Å². The van der Waals surface area contributed by atoms with Gasteiger partial charge in [0, 0.05) is 28.9 Å². The van der Waals surface area contributed by atoms with Crippen LogP contribution in [0.25, 0.3) is 11.1 Å². The van der Waals surface area contributed by atoms with Gasteiger partial charge in [-0.25, -0.2) is 5.84 Å². The van der Waals surface area contributed by atoms with E-state index >= 15 is 0 Å². The smallest absolute Gasteiger partial charge is 0.0991 e. The third-order valence-electron chi connectivity index (χ3n) is 6.25. The van der Waals surface area contributed by atoms with E-state index < -0.39 is 0 Å². The molecule has 0 amide bonds. The number of hydrazine groups is 1. The van der Waals surface area contributed by atoms with Gasteiger partial charge in [-0.2, -0.15) is 0 Å². The zero-order valence-electron chi connectivity index (χ0n) is 20.2. The van der Waals surface area contributed by atoms with Crippen LogP contribution in [0.4, 0.5) is 0 Å². The molecule has 3 nitrogen and oxygen atoms in total. The minimum absolute atomic E-state index is 0.695. The van der Waals surface area contributed by atoms with Crippen LogP contribution in [0.3, 0.4) is 0 Å². The maximum atomic E-state index is 6.19. The quantitative estimate of drug-likeness (QED) is 0.150. The molecule has 0 saturated carbocycles. The lowest BCUT2D eigenvalue weighted by molar-refractivity contribution is 0.456. The Morgan fingerprint density at radius 1 is 1.06 bits per heavy atom. The lowest BCUT2D eigenvalue weighted by atomic mass is 9.89. The third-order valence-corrected chi connectivity index (χ3v) is 7.21. The summed E-state index contributed by atoms with van der Waals surface area (Å²) in [6, 6.07) is 16.9. The number of hydrogen-bond donors (Lipinski definition) is 1. The van der Waals surface area contributed by atoms with Crippen molar-refractivity contribution < 1.29 is 0 Å². The Labute approximate surface area is 217 Å². The first kappa shape index (κ1) is 23.7. The monoisotopic (exact) mass is 485 g/mol. The van der Waals surface area contributed by atoms with Crippen molar-refractivity contribution in [1.29, 1.82) is 0 Å². The standard InChI is InChI=1S/C32H27N3S/c1-23(11-9-10-20-34-25-18-19-27(21-25)35(33)26-12-3-4-13-26)31-22-36-32-17-8-7-15-29(32)24(2)28-14-5-6-16-30(28)31/h3-12,14-20,22H,2,21,33H2,1H3/b10-9-,23-11+,31-22-,34-20?. The molecule has 4 heteroatoms. The Morgan fingerprint density at radius 3 is 2.64 bits per heavy atom. The largest absolute Gasteiger partial charge is 0.276 e. The van der Waals surface area contributed by atoms with Gasteiger partial charge in [-0.1, -0.05) is 84.8 Å². The lowest BCUT2D eigenvalue weighted by Gasteiger charge is -2.20. The van der Waals surface area contributed by atoms with Gasteiger partial charge in [0.15, 0.2) is 0 Å². The first-order valence-electron chi connectivity index (χ1n) is 11.8. The molecule has 0 bridgehead atoms. The maximum absolute atomic E-state index is 6.19. The number of fused-ring (bicyclic) bond motifs is 2. The molecule has 2 aromatic rings. The van der Waals surface area contributed by atoms with Crippen LogP contribution in [0.2, 0.25) is 0 Å². The summed E-state index contributed by atoms with van der Waals surface area (Å²) in [6.45, 7) is 6.58. The predicted octanol–water partition coefficient (Wildman–Crippen LogP) is 7.72. The molecule has 0 radical (unpaired) electrons. The van der Waals surface area contributed by atoms with Gasteiger partial charge in [-0.3, -0.25) is 10.0 Å². The molecule has 0 spiro atoms. The van der Waals surface area contributed by atoms with Crippen LogP contribution in [-0.4, -0.2) is 11.2 Å². The maximum Gasteiger partial charge on any atom is 0.0991 e. The highest BCUT2D eigenvalue weighted by molar-refractivity contribution is 8.02. The number of allylic oxidation sites excluding steroid dienone is 9. The minimum atomic E-state index is 0.695. The van der Waals surface area contributed by atoms with E-state index in [2.05, 4.69) is 84.2 Å². The van der Waals surface area contributed by atoms with E-state index in [1.807, 2.05) is 48.7 Å². The Morgan fingerprint density at radius 2 is 1.83 bits per heavy atom. The minimum Gasteiger partial charge on any atom is -0.276 e. The molecule has 0 atom stereocenters. The number of nitrogens with zero attached hydrogens (tertiary/aromatic N) is 2. The Hall–Kier alpha value is -4.08. The topological polar surface area (TPSA) is 41.6 Å². The fourth-order valence-electron chi connectivity index (χ4n) is 4.29. The van der Waals surface area contributed by atoms with Crippen LogP contribution in [0.15, 0.2) is 147 Å². The molecular formula is C32H27N3S. The average Bonchev–Trinajstić information content (AvgIpc) is 3.60. The molecule has 2 aromatic carbocycles. The number of benzene rings is 2. The van der Waals surface area contributed by atoms with Gasteiger partial charge in [0.05, 0.1) is 5.70 Å². The second-order valence-corrected chi connectivity index (χ2v) is 9.51. The van der Waals surface area contributed by atoms with Crippen molar-refractivity contribution in [1.82, 2.24) is 5.01 Å². The van der Waals surface area contributed by atoms with Crippen LogP contribution in [-0.2, 0) is 0 Å². The van der Waals surface area contributed by atoms with E-state index in [0.29, 0.717) is 6.42 Å². The van der Waals surface area contributed by atoms with Crippen molar-refractivity contribution >= 4 is 29.1 Å². The highest BCUT2D eigenvalue weighted by atomic mass is 32.2. The summed E-state index contributed by atoms with van der Waals surface area (Å²) < 4.78 is 0. The van der Waals surface area contributed by atoms with Gasteiger partial charge < -0.3 is 0 Å². The molecule has 1 aliphatic heterocycles. The molecule has 36 heavy (non-hydrogen) atoms. The predicted molar refractivity (Wildman–Crippen MR) is 154 cm³/mol. The van der Waals surface area contributed by atoms with Crippen molar-refractivity contribution in [3.05, 3.63) is 154 Å². The Balaban J connectivity index is 1.29. The average molecular weight is 486 g/mol. The van der Waals surface area contributed by atoms with E-state index in [1.165, 1.54) is 32.7 Å². The highest BCUT2D eigenvalue weighted by Crippen LogP contribution is 2.41. The summed E-state index contributed by atoms with van der Waals surface area (Å²) in [5.74, 6) is 6.19. The molecule has 2 aliphatic carbocycles. The highest BCUT2D eigenvalue weighted by Gasteiger charge is 2.18. The first-order valence-corrected chi connectivity index (χ1v) is 12.7. The second-order valence-electron chi connectivity index (χ2n) is 8.60. The number of hydrogen-bond acceptors (Lipinski definition) is 4.